The number of nitrogens with one attached hydrogen (secondary N) is 1. The van der Waals surface area contributed by atoms with Crippen molar-refractivity contribution >= 4 is 15.9 Å². The Balaban J connectivity index is 2.19. The molecule has 0 aliphatic carbocycles. The zero-order valence-corrected chi connectivity index (χ0v) is 13.1. The first-order valence-corrected chi connectivity index (χ1v) is 7.25. The highest BCUT2D eigenvalue weighted by Crippen LogP contribution is 2.23. The fourth-order valence-corrected chi connectivity index (χ4v) is 2.36. The first kappa shape index (κ1) is 15.2. The summed E-state index contributed by atoms with van der Waals surface area (Å²) in [4.78, 5) is 0. The predicted octanol–water partition coefficient (Wildman–Crippen LogP) is 3.11. The Labute approximate surface area is 126 Å². The summed E-state index contributed by atoms with van der Waals surface area (Å²) in [6, 6.07) is 6.89. The average molecular weight is 341 g/mol. The van der Waals surface area contributed by atoms with Crippen LogP contribution in [0.15, 0.2) is 34.9 Å². The number of hydrazine groups is 1. The summed E-state index contributed by atoms with van der Waals surface area (Å²) in [5.41, 5.74) is 4.08. The summed E-state index contributed by atoms with van der Waals surface area (Å²) in [6.45, 7) is 4.12. The van der Waals surface area contributed by atoms with Gasteiger partial charge in [-0.05, 0) is 32.0 Å². The van der Waals surface area contributed by atoms with Gasteiger partial charge in [0.15, 0.2) is 0 Å². The molecule has 4 nitrogen and oxygen atoms in total. The van der Waals surface area contributed by atoms with Gasteiger partial charge in [-0.2, -0.15) is 5.10 Å². The third kappa shape index (κ3) is 3.45. The quantitative estimate of drug-likeness (QED) is 0.649. The topological polar surface area (TPSA) is 55.9 Å². The van der Waals surface area contributed by atoms with Crippen LogP contribution in [0.5, 0.6) is 0 Å². The maximum Gasteiger partial charge on any atom is 0.129 e. The maximum absolute atomic E-state index is 14.0. The van der Waals surface area contributed by atoms with Gasteiger partial charge >= 0.3 is 0 Å². The van der Waals surface area contributed by atoms with Gasteiger partial charge in [0.25, 0.3) is 0 Å². The molecular formula is C14H18BrFN4. The fraction of sp³-hybridized carbons (Fsp3) is 0.357. The third-order valence-corrected chi connectivity index (χ3v) is 3.64. The molecule has 2 aromatic rings. The van der Waals surface area contributed by atoms with E-state index >= 15 is 0 Å². The van der Waals surface area contributed by atoms with Crippen LogP contribution in [0.4, 0.5) is 4.39 Å². The minimum atomic E-state index is -0.307. The standard InChI is InChI=1S/C14H18BrFN4/c1-9(2)20-6-5-11(19-20)8-14(18-17)12-4-3-10(15)7-13(12)16/h3-7,9,14,18H,8,17H2,1-2H3. The van der Waals surface area contributed by atoms with Crippen molar-refractivity contribution in [1.29, 1.82) is 0 Å². The van der Waals surface area contributed by atoms with E-state index in [9.17, 15) is 4.39 Å². The van der Waals surface area contributed by atoms with Crippen molar-refractivity contribution in [3.8, 4) is 0 Å². The van der Waals surface area contributed by atoms with Crippen LogP contribution < -0.4 is 11.3 Å². The first-order valence-electron chi connectivity index (χ1n) is 6.46. The molecular weight excluding hydrogens is 323 g/mol. The predicted molar refractivity (Wildman–Crippen MR) is 80.5 cm³/mol. The Bertz CT molecular complexity index is 582. The lowest BCUT2D eigenvalue weighted by molar-refractivity contribution is 0.490. The molecule has 1 aromatic carbocycles. The van der Waals surface area contributed by atoms with Crippen LogP contribution in [0.3, 0.4) is 0 Å². The van der Waals surface area contributed by atoms with Crippen LogP contribution in [0, 0.1) is 5.82 Å². The van der Waals surface area contributed by atoms with E-state index in [0.29, 0.717) is 22.5 Å². The molecule has 0 spiro atoms. The molecule has 0 amide bonds. The highest BCUT2D eigenvalue weighted by atomic mass is 79.9. The molecule has 108 valence electrons. The van der Waals surface area contributed by atoms with Gasteiger partial charge in [0, 0.05) is 28.7 Å². The Morgan fingerprint density at radius 1 is 1.40 bits per heavy atom. The van der Waals surface area contributed by atoms with E-state index in [1.54, 1.807) is 12.1 Å². The molecule has 1 heterocycles. The number of aromatic nitrogens is 2. The number of halogens is 2. The van der Waals surface area contributed by atoms with Gasteiger partial charge in [0.1, 0.15) is 5.82 Å². The number of hydrogen-bond acceptors (Lipinski definition) is 3. The van der Waals surface area contributed by atoms with E-state index in [-0.39, 0.29) is 11.9 Å². The minimum Gasteiger partial charge on any atom is -0.271 e. The van der Waals surface area contributed by atoms with E-state index in [1.807, 2.05) is 16.9 Å². The molecule has 3 N–H and O–H groups in total. The zero-order chi connectivity index (χ0) is 14.7. The SMILES string of the molecule is CC(C)n1ccc(CC(NN)c2ccc(Br)cc2F)n1. The number of rotatable bonds is 5. The van der Waals surface area contributed by atoms with Gasteiger partial charge in [-0.3, -0.25) is 16.0 Å². The number of nitrogens with zero attached hydrogens (tertiary/aromatic N) is 2. The smallest absolute Gasteiger partial charge is 0.129 e. The van der Waals surface area contributed by atoms with Crippen molar-refractivity contribution in [3.05, 3.63) is 52.0 Å². The number of nitrogens with two attached hydrogens (primary N) is 1. The highest BCUT2D eigenvalue weighted by Gasteiger charge is 2.16. The summed E-state index contributed by atoms with van der Waals surface area (Å²) >= 11 is 3.25. The Hall–Kier alpha value is -1.24. The molecule has 0 saturated heterocycles. The lowest BCUT2D eigenvalue weighted by Gasteiger charge is -2.16. The number of benzene rings is 1. The van der Waals surface area contributed by atoms with Crippen molar-refractivity contribution in [2.24, 2.45) is 5.84 Å². The largest absolute Gasteiger partial charge is 0.271 e. The molecule has 1 unspecified atom stereocenters. The normalized spacial score (nSPS) is 12.9. The molecule has 0 fully saturated rings. The lowest BCUT2D eigenvalue weighted by Crippen LogP contribution is -2.30. The monoisotopic (exact) mass is 340 g/mol. The second-order valence-electron chi connectivity index (χ2n) is 4.97. The maximum atomic E-state index is 14.0. The van der Waals surface area contributed by atoms with E-state index in [0.717, 1.165) is 5.69 Å². The summed E-state index contributed by atoms with van der Waals surface area (Å²) in [6.07, 6.45) is 2.46. The van der Waals surface area contributed by atoms with Gasteiger partial charge in [0.2, 0.25) is 0 Å². The molecule has 1 aromatic heterocycles. The van der Waals surface area contributed by atoms with Crippen molar-refractivity contribution in [3.63, 3.8) is 0 Å². The van der Waals surface area contributed by atoms with Gasteiger partial charge in [-0.1, -0.05) is 22.0 Å². The van der Waals surface area contributed by atoms with Crippen molar-refractivity contribution < 1.29 is 4.39 Å². The van der Waals surface area contributed by atoms with Crippen molar-refractivity contribution in [1.82, 2.24) is 15.2 Å². The zero-order valence-electron chi connectivity index (χ0n) is 11.5. The Morgan fingerprint density at radius 3 is 2.70 bits per heavy atom. The lowest BCUT2D eigenvalue weighted by atomic mass is 10.0. The summed E-state index contributed by atoms with van der Waals surface area (Å²) in [5, 5.41) is 4.46. The second kappa shape index (κ2) is 6.47. The molecule has 1 atom stereocenters. The Kier molecular flexibility index (Phi) is 4.91. The second-order valence-corrected chi connectivity index (χ2v) is 5.89. The molecule has 0 radical (unpaired) electrons. The molecule has 2 rings (SSSR count). The van der Waals surface area contributed by atoms with Gasteiger partial charge in [0.05, 0.1) is 11.7 Å². The summed E-state index contributed by atoms with van der Waals surface area (Å²) in [7, 11) is 0. The summed E-state index contributed by atoms with van der Waals surface area (Å²) in [5.74, 6) is 5.28. The van der Waals surface area contributed by atoms with Crippen LogP contribution in [0.2, 0.25) is 0 Å². The highest BCUT2D eigenvalue weighted by molar-refractivity contribution is 9.10. The van der Waals surface area contributed by atoms with Gasteiger partial charge in [-0.25, -0.2) is 4.39 Å². The molecule has 0 bridgehead atoms. The Morgan fingerprint density at radius 2 is 2.15 bits per heavy atom. The molecule has 0 aliphatic heterocycles. The van der Waals surface area contributed by atoms with Crippen LogP contribution in [-0.4, -0.2) is 9.78 Å². The van der Waals surface area contributed by atoms with E-state index in [2.05, 4.69) is 40.3 Å². The molecule has 0 saturated carbocycles. The van der Waals surface area contributed by atoms with Gasteiger partial charge in [-0.15, -0.1) is 0 Å². The molecule has 0 aliphatic rings. The minimum absolute atomic E-state index is 0.286. The van der Waals surface area contributed by atoms with Crippen LogP contribution in [0.1, 0.15) is 37.2 Å². The fourth-order valence-electron chi connectivity index (χ4n) is 2.03. The number of hydrogen-bond donors (Lipinski definition) is 2. The molecule has 20 heavy (non-hydrogen) atoms. The summed E-state index contributed by atoms with van der Waals surface area (Å²) < 4.78 is 16.6. The van der Waals surface area contributed by atoms with Crippen LogP contribution in [-0.2, 0) is 6.42 Å². The van der Waals surface area contributed by atoms with Crippen LogP contribution in [0.25, 0.3) is 0 Å². The van der Waals surface area contributed by atoms with Crippen LogP contribution >= 0.6 is 15.9 Å². The molecule has 6 heteroatoms. The van der Waals surface area contributed by atoms with E-state index < -0.39 is 0 Å². The van der Waals surface area contributed by atoms with Crippen molar-refractivity contribution in [2.75, 3.05) is 0 Å². The third-order valence-electron chi connectivity index (χ3n) is 3.15. The average Bonchev–Trinajstić information content (AvgIpc) is 2.85. The van der Waals surface area contributed by atoms with E-state index in [1.165, 1.54) is 6.07 Å². The van der Waals surface area contributed by atoms with Gasteiger partial charge < -0.3 is 0 Å². The first-order chi connectivity index (χ1) is 9.51. The van der Waals surface area contributed by atoms with E-state index in [4.69, 9.17) is 5.84 Å². The van der Waals surface area contributed by atoms with Crippen molar-refractivity contribution in [2.45, 2.75) is 32.4 Å².